The van der Waals surface area contributed by atoms with Crippen molar-refractivity contribution < 1.29 is 14.3 Å². The second-order valence-corrected chi connectivity index (χ2v) is 5.71. The Morgan fingerprint density at radius 2 is 1.82 bits per heavy atom. The molecule has 0 aliphatic carbocycles. The summed E-state index contributed by atoms with van der Waals surface area (Å²) in [5.41, 5.74) is 0.785. The van der Waals surface area contributed by atoms with E-state index in [1.54, 1.807) is 0 Å². The average molecular weight is 302 g/mol. The normalized spacial score (nSPS) is 11.6. The summed E-state index contributed by atoms with van der Waals surface area (Å²) in [7, 11) is 0. The van der Waals surface area contributed by atoms with Crippen LogP contribution in [0.2, 0.25) is 0 Å². The van der Waals surface area contributed by atoms with E-state index in [1.165, 1.54) is 24.3 Å². The molecule has 0 aliphatic heterocycles. The fourth-order valence-electron chi connectivity index (χ4n) is 1.87. The molecule has 1 atom stereocenters. The number of amides is 1. The Bertz CT molecular complexity index is 544. The van der Waals surface area contributed by atoms with Crippen LogP contribution in [-0.4, -0.2) is 24.5 Å². The molecule has 0 unspecified atom stereocenters. The van der Waals surface area contributed by atoms with Gasteiger partial charge in [-0.3, -0.25) is 4.79 Å². The van der Waals surface area contributed by atoms with Crippen LogP contribution < -0.4 is 5.32 Å². The zero-order valence-electron chi connectivity index (χ0n) is 13.3. The molecule has 0 saturated carbocycles. The molecular formula is C17H22N2O3. The SMILES string of the molecule is CC(C)CC[C@@H](C)NC(=O)COC(=O)c1ccc(C#N)cc1. The van der Waals surface area contributed by atoms with Crippen molar-refractivity contribution in [2.45, 2.75) is 39.7 Å². The lowest BCUT2D eigenvalue weighted by molar-refractivity contribution is -0.124. The summed E-state index contributed by atoms with van der Waals surface area (Å²) < 4.78 is 4.96. The van der Waals surface area contributed by atoms with Gasteiger partial charge in [-0.25, -0.2) is 4.79 Å². The molecule has 0 aliphatic rings. The smallest absolute Gasteiger partial charge is 0.338 e. The fraction of sp³-hybridized carbons (Fsp3) is 0.471. The number of carbonyl (C=O) groups is 2. The van der Waals surface area contributed by atoms with Gasteiger partial charge in [0.2, 0.25) is 0 Å². The first kappa shape index (κ1) is 17.7. The first-order chi connectivity index (χ1) is 10.4. The highest BCUT2D eigenvalue weighted by molar-refractivity contribution is 5.91. The summed E-state index contributed by atoms with van der Waals surface area (Å²) in [6.07, 6.45) is 1.93. The predicted octanol–water partition coefficient (Wildman–Crippen LogP) is 2.66. The van der Waals surface area contributed by atoms with Crippen molar-refractivity contribution in [3.8, 4) is 6.07 Å². The van der Waals surface area contributed by atoms with Gasteiger partial charge in [-0.1, -0.05) is 13.8 Å². The van der Waals surface area contributed by atoms with E-state index in [2.05, 4.69) is 19.2 Å². The standard InChI is InChI=1S/C17H22N2O3/c1-12(2)4-5-13(3)19-16(20)11-22-17(21)15-8-6-14(10-18)7-9-15/h6-9,12-13H,4-5,11H2,1-3H3,(H,19,20)/t13-/m1/s1. The number of esters is 1. The van der Waals surface area contributed by atoms with E-state index < -0.39 is 5.97 Å². The van der Waals surface area contributed by atoms with Crippen molar-refractivity contribution in [1.29, 1.82) is 5.26 Å². The quantitative estimate of drug-likeness (QED) is 0.785. The Labute approximate surface area is 131 Å². The van der Waals surface area contributed by atoms with Crippen LogP contribution in [-0.2, 0) is 9.53 Å². The Morgan fingerprint density at radius 1 is 1.18 bits per heavy atom. The Hall–Kier alpha value is -2.35. The van der Waals surface area contributed by atoms with Crippen LogP contribution in [0.5, 0.6) is 0 Å². The topological polar surface area (TPSA) is 79.2 Å². The molecule has 1 aromatic carbocycles. The lowest BCUT2D eigenvalue weighted by Crippen LogP contribution is -2.36. The molecule has 5 heteroatoms. The second-order valence-electron chi connectivity index (χ2n) is 5.71. The highest BCUT2D eigenvalue weighted by Gasteiger charge is 2.12. The monoisotopic (exact) mass is 302 g/mol. The van der Waals surface area contributed by atoms with Crippen LogP contribution in [0.1, 0.15) is 49.5 Å². The molecule has 0 heterocycles. The lowest BCUT2D eigenvalue weighted by atomic mass is 10.0. The number of nitrogens with one attached hydrogen (secondary N) is 1. The molecule has 0 radical (unpaired) electrons. The first-order valence-electron chi connectivity index (χ1n) is 7.39. The Morgan fingerprint density at radius 3 is 2.36 bits per heavy atom. The van der Waals surface area contributed by atoms with Gasteiger partial charge >= 0.3 is 5.97 Å². The molecular weight excluding hydrogens is 280 g/mol. The Kier molecular flexibility index (Phi) is 7.11. The van der Waals surface area contributed by atoms with E-state index in [0.29, 0.717) is 17.0 Å². The van der Waals surface area contributed by atoms with E-state index in [1.807, 2.05) is 13.0 Å². The lowest BCUT2D eigenvalue weighted by Gasteiger charge is -2.15. The highest BCUT2D eigenvalue weighted by Crippen LogP contribution is 2.07. The zero-order valence-corrected chi connectivity index (χ0v) is 13.3. The van der Waals surface area contributed by atoms with Gasteiger partial charge in [0, 0.05) is 6.04 Å². The van der Waals surface area contributed by atoms with Crippen LogP contribution in [0.3, 0.4) is 0 Å². The predicted molar refractivity (Wildman–Crippen MR) is 83.1 cm³/mol. The highest BCUT2D eigenvalue weighted by atomic mass is 16.5. The largest absolute Gasteiger partial charge is 0.452 e. The molecule has 1 rings (SSSR count). The molecule has 1 aromatic rings. The molecule has 0 fully saturated rings. The fourth-order valence-corrected chi connectivity index (χ4v) is 1.87. The third-order valence-electron chi connectivity index (χ3n) is 3.17. The number of benzene rings is 1. The zero-order chi connectivity index (χ0) is 16.5. The number of hydrogen-bond donors (Lipinski definition) is 1. The minimum Gasteiger partial charge on any atom is -0.452 e. The summed E-state index contributed by atoms with van der Waals surface area (Å²) in [5.74, 6) is -0.290. The average Bonchev–Trinajstić information content (AvgIpc) is 2.50. The van der Waals surface area contributed by atoms with Crippen molar-refractivity contribution in [1.82, 2.24) is 5.32 Å². The van der Waals surface area contributed by atoms with Crippen molar-refractivity contribution in [2.75, 3.05) is 6.61 Å². The number of ether oxygens (including phenoxy) is 1. The van der Waals surface area contributed by atoms with Crippen LogP contribution in [0.4, 0.5) is 0 Å². The van der Waals surface area contributed by atoms with E-state index in [0.717, 1.165) is 12.8 Å². The Balaban J connectivity index is 2.36. The summed E-state index contributed by atoms with van der Waals surface area (Å²) in [6.45, 7) is 5.90. The minimum absolute atomic E-state index is 0.0588. The summed E-state index contributed by atoms with van der Waals surface area (Å²) in [4.78, 5) is 23.5. The number of rotatable bonds is 7. The number of nitriles is 1. The van der Waals surface area contributed by atoms with Crippen LogP contribution in [0, 0.1) is 17.2 Å². The first-order valence-corrected chi connectivity index (χ1v) is 7.39. The van der Waals surface area contributed by atoms with E-state index >= 15 is 0 Å². The summed E-state index contributed by atoms with van der Waals surface area (Å²) in [5, 5.41) is 11.5. The molecule has 1 N–H and O–H groups in total. The van der Waals surface area contributed by atoms with E-state index in [9.17, 15) is 9.59 Å². The van der Waals surface area contributed by atoms with Crippen molar-refractivity contribution in [3.05, 3.63) is 35.4 Å². The van der Waals surface area contributed by atoms with Gasteiger partial charge in [-0.15, -0.1) is 0 Å². The molecule has 22 heavy (non-hydrogen) atoms. The number of hydrogen-bond acceptors (Lipinski definition) is 4. The van der Waals surface area contributed by atoms with E-state index in [4.69, 9.17) is 10.00 Å². The molecule has 5 nitrogen and oxygen atoms in total. The molecule has 0 bridgehead atoms. The summed E-state index contributed by atoms with van der Waals surface area (Å²) in [6, 6.07) is 8.10. The third kappa shape index (κ3) is 6.40. The maximum absolute atomic E-state index is 11.8. The van der Waals surface area contributed by atoms with Gasteiger partial charge in [-0.05, 0) is 49.9 Å². The van der Waals surface area contributed by atoms with Crippen molar-refractivity contribution in [2.24, 2.45) is 5.92 Å². The number of carbonyl (C=O) groups excluding carboxylic acids is 2. The maximum atomic E-state index is 11.8. The van der Waals surface area contributed by atoms with Crippen LogP contribution in [0.15, 0.2) is 24.3 Å². The molecule has 0 saturated heterocycles. The second kappa shape index (κ2) is 8.83. The minimum atomic E-state index is -0.575. The van der Waals surface area contributed by atoms with Crippen molar-refractivity contribution in [3.63, 3.8) is 0 Å². The van der Waals surface area contributed by atoms with Gasteiger partial charge in [0.15, 0.2) is 6.61 Å². The van der Waals surface area contributed by atoms with Crippen molar-refractivity contribution >= 4 is 11.9 Å². The van der Waals surface area contributed by atoms with Crippen LogP contribution in [0.25, 0.3) is 0 Å². The molecule has 0 spiro atoms. The van der Waals surface area contributed by atoms with Gasteiger partial charge in [0.25, 0.3) is 5.91 Å². The van der Waals surface area contributed by atoms with Gasteiger partial charge < -0.3 is 10.1 Å². The summed E-state index contributed by atoms with van der Waals surface area (Å²) >= 11 is 0. The maximum Gasteiger partial charge on any atom is 0.338 e. The van der Waals surface area contributed by atoms with Gasteiger partial charge in [0.1, 0.15) is 0 Å². The third-order valence-corrected chi connectivity index (χ3v) is 3.17. The van der Waals surface area contributed by atoms with Gasteiger partial charge in [0.05, 0.1) is 17.2 Å². The molecule has 118 valence electrons. The van der Waals surface area contributed by atoms with Gasteiger partial charge in [-0.2, -0.15) is 5.26 Å². The molecule has 0 aromatic heterocycles. The molecule has 1 amide bonds. The van der Waals surface area contributed by atoms with E-state index in [-0.39, 0.29) is 18.6 Å². The van der Waals surface area contributed by atoms with Crippen LogP contribution >= 0.6 is 0 Å². The number of nitrogens with zero attached hydrogens (tertiary/aromatic N) is 1.